The number of sulfonamides is 1. The first-order valence-electron chi connectivity index (χ1n) is 14.9. The van der Waals surface area contributed by atoms with Gasteiger partial charge in [-0.2, -0.15) is 0 Å². The number of fused-ring (bicyclic) bond motifs is 1. The van der Waals surface area contributed by atoms with Gasteiger partial charge in [-0.3, -0.25) is 13.9 Å². The van der Waals surface area contributed by atoms with E-state index in [1.807, 2.05) is 36.4 Å². The Morgan fingerprint density at radius 3 is 2.32 bits per heavy atom. The van der Waals surface area contributed by atoms with Crippen LogP contribution in [0.15, 0.2) is 72.8 Å². The Hall–Kier alpha value is -3.76. The summed E-state index contributed by atoms with van der Waals surface area (Å²) in [5.41, 5.74) is 1.87. The molecule has 9 nitrogen and oxygen atoms in total. The van der Waals surface area contributed by atoms with Crippen LogP contribution in [0.4, 0.5) is 5.69 Å². The van der Waals surface area contributed by atoms with Crippen LogP contribution in [-0.4, -0.2) is 63.2 Å². The van der Waals surface area contributed by atoms with Gasteiger partial charge in [0, 0.05) is 30.1 Å². The zero-order chi connectivity index (χ0) is 31.1. The second kappa shape index (κ2) is 14.3. The van der Waals surface area contributed by atoms with Crippen molar-refractivity contribution in [3.05, 3.63) is 88.9 Å². The molecule has 1 saturated carbocycles. The number of hydrogen-bond acceptors (Lipinski definition) is 6. The molecule has 1 atom stereocenters. The molecule has 11 heteroatoms. The summed E-state index contributed by atoms with van der Waals surface area (Å²) in [5, 5.41) is 3.70. The molecule has 0 aromatic heterocycles. The van der Waals surface area contributed by atoms with Crippen LogP contribution in [-0.2, 0) is 32.6 Å². The van der Waals surface area contributed by atoms with Crippen LogP contribution >= 0.6 is 11.6 Å². The Balaban J connectivity index is 1.50. The molecule has 2 aliphatic rings. The van der Waals surface area contributed by atoms with Crippen molar-refractivity contribution >= 4 is 39.1 Å². The van der Waals surface area contributed by atoms with E-state index in [2.05, 4.69) is 5.32 Å². The number of anilines is 1. The van der Waals surface area contributed by atoms with E-state index in [0.29, 0.717) is 29.7 Å². The third-order valence-corrected chi connectivity index (χ3v) is 9.33. The van der Waals surface area contributed by atoms with E-state index in [9.17, 15) is 18.0 Å². The second-order valence-electron chi connectivity index (χ2n) is 11.3. The second-order valence-corrected chi connectivity index (χ2v) is 13.6. The van der Waals surface area contributed by atoms with Gasteiger partial charge in [0.25, 0.3) is 0 Å². The lowest BCUT2D eigenvalue weighted by molar-refractivity contribution is -0.140. The third-order valence-electron chi connectivity index (χ3n) is 7.96. The van der Waals surface area contributed by atoms with Gasteiger partial charge in [-0.1, -0.05) is 73.3 Å². The van der Waals surface area contributed by atoms with Gasteiger partial charge < -0.3 is 19.7 Å². The fraction of sp³-hybridized carbons (Fsp3) is 0.394. The molecule has 1 aliphatic heterocycles. The number of carbonyl (C=O) groups excluding carboxylic acids is 2. The SMILES string of the molecule is CS(=O)(=O)N(CC(=O)N(Cc1cccc(Cl)c1)C(Cc1ccccc1)C(=O)NC1CCCCC1)c1ccc2c(c1)OCCO2. The van der Waals surface area contributed by atoms with Gasteiger partial charge in [-0.25, -0.2) is 8.42 Å². The number of ether oxygens (including phenoxy) is 2. The number of nitrogens with one attached hydrogen (secondary N) is 1. The summed E-state index contributed by atoms with van der Waals surface area (Å²) in [5.74, 6) is 0.121. The maximum atomic E-state index is 14.3. The molecule has 3 aromatic carbocycles. The number of halogens is 1. The topological polar surface area (TPSA) is 105 Å². The normalized spacial score (nSPS) is 15.7. The van der Waals surface area contributed by atoms with Gasteiger partial charge in [0.2, 0.25) is 21.8 Å². The lowest BCUT2D eigenvalue weighted by Crippen LogP contribution is -2.55. The molecule has 1 heterocycles. The minimum atomic E-state index is -3.91. The quantitative estimate of drug-likeness (QED) is 0.318. The highest BCUT2D eigenvalue weighted by Crippen LogP contribution is 2.35. The first-order chi connectivity index (χ1) is 21.2. The fourth-order valence-corrected chi connectivity index (χ4v) is 6.79. The molecule has 1 aliphatic carbocycles. The molecule has 0 saturated heterocycles. The van der Waals surface area contributed by atoms with E-state index in [-0.39, 0.29) is 30.6 Å². The molecular weight excluding hydrogens is 602 g/mol. The van der Waals surface area contributed by atoms with Crippen LogP contribution < -0.4 is 19.1 Å². The minimum Gasteiger partial charge on any atom is -0.486 e. The van der Waals surface area contributed by atoms with E-state index >= 15 is 0 Å². The lowest BCUT2D eigenvalue weighted by atomic mass is 9.94. The van der Waals surface area contributed by atoms with Crippen molar-refractivity contribution in [3.63, 3.8) is 0 Å². The van der Waals surface area contributed by atoms with Crippen LogP contribution in [0.2, 0.25) is 5.02 Å². The average molecular weight is 640 g/mol. The van der Waals surface area contributed by atoms with Gasteiger partial charge in [0.15, 0.2) is 11.5 Å². The summed E-state index contributed by atoms with van der Waals surface area (Å²) in [6.45, 7) is 0.276. The Kier molecular flexibility index (Phi) is 10.3. The smallest absolute Gasteiger partial charge is 0.244 e. The predicted molar refractivity (Wildman–Crippen MR) is 171 cm³/mol. The number of carbonyl (C=O) groups is 2. The van der Waals surface area contributed by atoms with Crippen molar-refractivity contribution in [1.82, 2.24) is 10.2 Å². The van der Waals surface area contributed by atoms with Crippen LogP contribution in [0.5, 0.6) is 11.5 Å². The maximum Gasteiger partial charge on any atom is 0.244 e. The Morgan fingerprint density at radius 2 is 1.61 bits per heavy atom. The molecular formula is C33H38ClN3O6S. The molecule has 0 spiro atoms. The highest BCUT2D eigenvalue weighted by molar-refractivity contribution is 7.92. The summed E-state index contributed by atoms with van der Waals surface area (Å²) in [7, 11) is -3.91. The molecule has 0 bridgehead atoms. The van der Waals surface area contributed by atoms with Crippen molar-refractivity contribution in [1.29, 1.82) is 0 Å². The van der Waals surface area contributed by atoms with E-state index in [1.165, 1.54) is 4.90 Å². The van der Waals surface area contributed by atoms with E-state index < -0.39 is 28.5 Å². The minimum absolute atomic E-state index is 0.0304. The monoisotopic (exact) mass is 639 g/mol. The molecule has 0 radical (unpaired) electrons. The van der Waals surface area contributed by atoms with Crippen molar-refractivity contribution in [2.24, 2.45) is 0 Å². The summed E-state index contributed by atoms with van der Waals surface area (Å²) >= 11 is 6.30. The van der Waals surface area contributed by atoms with Gasteiger partial charge in [0.05, 0.1) is 11.9 Å². The van der Waals surface area contributed by atoms with Crippen LogP contribution in [0.1, 0.15) is 43.2 Å². The average Bonchev–Trinajstić information content (AvgIpc) is 3.01. The van der Waals surface area contributed by atoms with Crippen LogP contribution in [0.3, 0.4) is 0 Å². The Morgan fingerprint density at radius 1 is 0.909 bits per heavy atom. The molecule has 2 amide bonds. The first-order valence-corrected chi connectivity index (χ1v) is 17.2. The van der Waals surface area contributed by atoms with E-state index in [0.717, 1.165) is 53.8 Å². The van der Waals surface area contributed by atoms with Crippen molar-refractivity contribution in [2.75, 3.05) is 30.3 Å². The number of benzene rings is 3. The number of amides is 2. The largest absolute Gasteiger partial charge is 0.486 e. The number of hydrogen-bond donors (Lipinski definition) is 1. The first kappa shape index (κ1) is 31.7. The zero-order valence-corrected chi connectivity index (χ0v) is 26.4. The van der Waals surface area contributed by atoms with Gasteiger partial charge in [0.1, 0.15) is 25.8 Å². The Labute approximate surface area is 264 Å². The molecule has 44 heavy (non-hydrogen) atoms. The summed E-state index contributed by atoms with van der Waals surface area (Å²) in [6.07, 6.45) is 6.30. The summed E-state index contributed by atoms with van der Waals surface area (Å²) in [4.78, 5) is 29.8. The zero-order valence-electron chi connectivity index (χ0n) is 24.8. The molecule has 234 valence electrons. The summed E-state index contributed by atoms with van der Waals surface area (Å²) in [6, 6.07) is 20.5. The highest BCUT2D eigenvalue weighted by Gasteiger charge is 2.34. The predicted octanol–water partition coefficient (Wildman–Crippen LogP) is 4.97. The van der Waals surface area contributed by atoms with Gasteiger partial charge >= 0.3 is 0 Å². The lowest BCUT2D eigenvalue weighted by Gasteiger charge is -2.35. The molecule has 3 aromatic rings. The van der Waals surface area contributed by atoms with E-state index in [4.69, 9.17) is 21.1 Å². The van der Waals surface area contributed by atoms with Crippen molar-refractivity contribution < 1.29 is 27.5 Å². The Bertz CT molecular complexity index is 1560. The van der Waals surface area contributed by atoms with Crippen LogP contribution in [0.25, 0.3) is 0 Å². The molecule has 1 fully saturated rings. The number of nitrogens with zero attached hydrogens (tertiary/aromatic N) is 2. The molecule has 1 unspecified atom stereocenters. The highest BCUT2D eigenvalue weighted by atomic mass is 35.5. The van der Waals surface area contributed by atoms with Crippen molar-refractivity contribution in [3.8, 4) is 11.5 Å². The summed E-state index contributed by atoms with van der Waals surface area (Å²) < 4.78 is 38.5. The maximum absolute atomic E-state index is 14.3. The number of rotatable bonds is 11. The van der Waals surface area contributed by atoms with Crippen LogP contribution in [0, 0.1) is 0 Å². The van der Waals surface area contributed by atoms with Gasteiger partial charge in [-0.05, 0) is 48.2 Å². The molecule has 1 N–H and O–H groups in total. The van der Waals surface area contributed by atoms with Gasteiger partial charge in [-0.15, -0.1) is 0 Å². The third kappa shape index (κ3) is 8.24. The standard InChI is InChI=1S/C33H38ClN3O6S/c1-44(40,41)37(28-15-16-30-31(21-28)43-18-17-42-30)23-32(38)36(22-25-11-8-12-26(34)19-25)29(20-24-9-4-2-5-10-24)33(39)35-27-13-6-3-7-14-27/h2,4-5,8-12,15-16,19,21,27,29H,3,6-7,13-14,17-18,20,22-23H2,1H3,(H,35,39). The van der Waals surface area contributed by atoms with Crippen molar-refractivity contribution in [2.45, 2.75) is 57.2 Å². The molecule has 5 rings (SSSR count). The van der Waals surface area contributed by atoms with E-state index in [1.54, 1.807) is 36.4 Å². The fourth-order valence-electron chi connectivity index (χ4n) is 5.73.